The second-order valence-corrected chi connectivity index (χ2v) is 8.13. The molecule has 22 heavy (non-hydrogen) atoms. The van der Waals surface area contributed by atoms with E-state index in [1.165, 1.54) is 6.26 Å². The maximum absolute atomic E-state index is 13.6. The molecule has 0 aliphatic carbocycles. The summed E-state index contributed by atoms with van der Waals surface area (Å²) in [5.41, 5.74) is 1.57. The Hall–Kier alpha value is -0.980. The smallest absolute Gasteiger partial charge is 0.211 e. The highest BCUT2D eigenvalue weighted by molar-refractivity contribution is 7.88. The van der Waals surface area contributed by atoms with Crippen molar-refractivity contribution in [2.75, 3.05) is 19.3 Å². The van der Waals surface area contributed by atoms with E-state index < -0.39 is 10.0 Å². The first-order valence-electron chi connectivity index (χ1n) is 7.74. The van der Waals surface area contributed by atoms with Gasteiger partial charge in [0, 0.05) is 25.7 Å². The fourth-order valence-electron chi connectivity index (χ4n) is 2.98. The summed E-state index contributed by atoms with van der Waals surface area (Å²) in [6.45, 7) is 5.55. The van der Waals surface area contributed by atoms with Crippen LogP contribution in [0.25, 0.3) is 0 Å². The number of nitrogens with one attached hydrogen (secondary N) is 1. The lowest BCUT2D eigenvalue weighted by Gasteiger charge is -2.37. The van der Waals surface area contributed by atoms with Gasteiger partial charge in [0.05, 0.1) is 6.26 Å². The van der Waals surface area contributed by atoms with E-state index in [-0.39, 0.29) is 11.9 Å². The molecule has 124 valence electrons. The molecular formula is C16H25FN2O2S. The maximum Gasteiger partial charge on any atom is 0.211 e. The lowest BCUT2D eigenvalue weighted by Crippen LogP contribution is -2.50. The lowest BCUT2D eigenvalue weighted by atomic mass is 9.91. The maximum atomic E-state index is 13.6. The number of piperidine rings is 1. The average Bonchev–Trinajstić information content (AvgIpc) is 2.47. The number of sulfonamides is 1. The minimum absolute atomic E-state index is 0.182. The topological polar surface area (TPSA) is 49.4 Å². The SMILES string of the molecule is CC[C@@H]1CN(S(C)(=O)=O)CC[C@H]1NCc1ccc(C)c(F)c1. The summed E-state index contributed by atoms with van der Waals surface area (Å²) in [6, 6.07) is 5.55. The fraction of sp³-hybridized carbons (Fsp3) is 0.625. The van der Waals surface area contributed by atoms with Gasteiger partial charge in [-0.2, -0.15) is 0 Å². The molecule has 2 rings (SSSR count). The van der Waals surface area contributed by atoms with Crippen molar-refractivity contribution in [1.82, 2.24) is 9.62 Å². The molecule has 1 saturated heterocycles. The lowest BCUT2D eigenvalue weighted by molar-refractivity contribution is 0.201. The van der Waals surface area contributed by atoms with Gasteiger partial charge >= 0.3 is 0 Å². The van der Waals surface area contributed by atoms with E-state index in [1.807, 2.05) is 6.07 Å². The summed E-state index contributed by atoms with van der Waals surface area (Å²) in [7, 11) is -3.11. The van der Waals surface area contributed by atoms with Gasteiger partial charge in [-0.3, -0.25) is 0 Å². The fourth-order valence-corrected chi connectivity index (χ4v) is 3.88. The Morgan fingerprint density at radius 1 is 1.41 bits per heavy atom. The van der Waals surface area contributed by atoms with E-state index in [0.717, 1.165) is 18.4 Å². The number of benzene rings is 1. The molecule has 1 fully saturated rings. The normalized spacial score (nSPS) is 23.6. The van der Waals surface area contributed by atoms with Crippen molar-refractivity contribution < 1.29 is 12.8 Å². The van der Waals surface area contributed by atoms with Crippen LogP contribution in [-0.2, 0) is 16.6 Å². The quantitative estimate of drug-likeness (QED) is 0.902. The second kappa shape index (κ2) is 7.06. The summed E-state index contributed by atoms with van der Waals surface area (Å²) < 4.78 is 38.5. The van der Waals surface area contributed by atoms with Crippen LogP contribution in [0.2, 0.25) is 0 Å². The monoisotopic (exact) mass is 328 g/mol. The largest absolute Gasteiger partial charge is 0.310 e. The molecule has 0 saturated carbocycles. The van der Waals surface area contributed by atoms with Crippen LogP contribution in [0.5, 0.6) is 0 Å². The summed E-state index contributed by atoms with van der Waals surface area (Å²) in [4.78, 5) is 0. The Morgan fingerprint density at radius 2 is 2.14 bits per heavy atom. The van der Waals surface area contributed by atoms with Gasteiger partial charge in [-0.25, -0.2) is 17.1 Å². The highest BCUT2D eigenvalue weighted by atomic mass is 32.2. The third-order valence-electron chi connectivity index (χ3n) is 4.49. The zero-order valence-electron chi connectivity index (χ0n) is 13.5. The van der Waals surface area contributed by atoms with E-state index in [2.05, 4.69) is 12.2 Å². The molecule has 1 aliphatic heterocycles. The number of nitrogens with zero attached hydrogens (tertiary/aromatic N) is 1. The van der Waals surface area contributed by atoms with Crippen LogP contribution in [0.4, 0.5) is 4.39 Å². The van der Waals surface area contributed by atoms with Crippen molar-refractivity contribution in [3.8, 4) is 0 Å². The molecule has 0 bridgehead atoms. The average molecular weight is 328 g/mol. The van der Waals surface area contributed by atoms with Crippen molar-refractivity contribution in [3.63, 3.8) is 0 Å². The molecule has 1 aromatic rings. The van der Waals surface area contributed by atoms with E-state index in [0.29, 0.717) is 31.1 Å². The molecular weight excluding hydrogens is 303 g/mol. The second-order valence-electron chi connectivity index (χ2n) is 6.15. The third kappa shape index (κ3) is 4.27. The van der Waals surface area contributed by atoms with Gasteiger partial charge in [-0.05, 0) is 36.5 Å². The molecule has 0 aromatic heterocycles. The van der Waals surface area contributed by atoms with Gasteiger partial charge in [0.15, 0.2) is 0 Å². The van der Waals surface area contributed by atoms with Crippen LogP contribution in [0.15, 0.2) is 18.2 Å². The predicted octanol–water partition coefficient (Wildman–Crippen LogP) is 2.28. The zero-order chi connectivity index (χ0) is 16.3. The number of rotatable bonds is 5. The van der Waals surface area contributed by atoms with Crippen molar-refractivity contribution in [2.45, 2.75) is 39.3 Å². The Balaban J connectivity index is 1.96. The van der Waals surface area contributed by atoms with Crippen molar-refractivity contribution in [1.29, 1.82) is 0 Å². The van der Waals surface area contributed by atoms with Gasteiger partial charge in [-0.15, -0.1) is 0 Å². The van der Waals surface area contributed by atoms with Crippen LogP contribution >= 0.6 is 0 Å². The van der Waals surface area contributed by atoms with Crippen molar-refractivity contribution in [3.05, 3.63) is 35.1 Å². The van der Waals surface area contributed by atoms with Gasteiger partial charge in [0.25, 0.3) is 0 Å². The Kier molecular flexibility index (Phi) is 5.58. The molecule has 1 N–H and O–H groups in total. The minimum Gasteiger partial charge on any atom is -0.310 e. The first-order valence-corrected chi connectivity index (χ1v) is 9.59. The molecule has 6 heteroatoms. The molecule has 0 spiro atoms. The number of aryl methyl sites for hydroxylation is 1. The van der Waals surface area contributed by atoms with Gasteiger partial charge < -0.3 is 5.32 Å². The standard InChI is InChI=1S/C16H25FN2O2S/c1-4-14-11-19(22(3,20)21)8-7-16(14)18-10-13-6-5-12(2)15(17)9-13/h5-6,9,14,16,18H,4,7-8,10-11H2,1-3H3/t14-,16-/m1/s1. The Bertz CT molecular complexity index is 619. The van der Waals surface area contributed by atoms with Crippen LogP contribution in [-0.4, -0.2) is 38.1 Å². The Labute approximate surface area is 132 Å². The van der Waals surface area contributed by atoms with Gasteiger partial charge in [0.2, 0.25) is 10.0 Å². The Morgan fingerprint density at radius 3 is 2.73 bits per heavy atom. The molecule has 2 atom stereocenters. The molecule has 4 nitrogen and oxygen atoms in total. The summed E-state index contributed by atoms with van der Waals surface area (Å²) in [6.07, 6.45) is 2.98. The molecule has 1 heterocycles. The van der Waals surface area contributed by atoms with Crippen molar-refractivity contribution >= 4 is 10.0 Å². The molecule has 1 aromatic carbocycles. The summed E-state index contributed by atoms with van der Waals surface area (Å²) >= 11 is 0. The van der Waals surface area contributed by atoms with Crippen LogP contribution < -0.4 is 5.32 Å². The zero-order valence-corrected chi connectivity index (χ0v) is 14.3. The van der Waals surface area contributed by atoms with E-state index in [9.17, 15) is 12.8 Å². The first-order chi connectivity index (χ1) is 10.3. The highest BCUT2D eigenvalue weighted by Crippen LogP contribution is 2.22. The van der Waals surface area contributed by atoms with Gasteiger partial charge in [-0.1, -0.05) is 25.5 Å². The van der Waals surface area contributed by atoms with Crippen molar-refractivity contribution in [2.24, 2.45) is 5.92 Å². The third-order valence-corrected chi connectivity index (χ3v) is 5.76. The summed E-state index contributed by atoms with van der Waals surface area (Å²) in [5, 5.41) is 3.47. The van der Waals surface area contributed by atoms with E-state index >= 15 is 0 Å². The van der Waals surface area contributed by atoms with Crippen LogP contribution in [0.3, 0.4) is 0 Å². The van der Waals surface area contributed by atoms with Crippen LogP contribution in [0.1, 0.15) is 30.9 Å². The molecule has 0 unspecified atom stereocenters. The highest BCUT2D eigenvalue weighted by Gasteiger charge is 2.31. The van der Waals surface area contributed by atoms with E-state index in [1.54, 1.807) is 23.4 Å². The predicted molar refractivity (Wildman–Crippen MR) is 86.6 cm³/mol. The van der Waals surface area contributed by atoms with E-state index in [4.69, 9.17) is 0 Å². The summed E-state index contributed by atoms with van der Waals surface area (Å²) in [5.74, 6) is 0.108. The minimum atomic E-state index is -3.11. The molecule has 1 aliphatic rings. The van der Waals surface area contributed by atoms with Gasteiger partial charge in [0.1, 0.15) is 5.82 Å². The first kappa shape index (κ1) is 17.4. The van der Waals surface area contributed by atoms with Crippen LogP contribution in [0, 0.1) is 18.7 Å². The molecule has 0 amide bonds. The molecule has 0 radical (unpaired) electrons. The number of hydrogen-bond acceptors (Lipinski definition) is 3. The number of halogens is 1. The number of hydrogen-bond donors (Lipinski definition) is 1.